The molecule has 7 aromatic carbocycles. The summed E-state index contributed by atoms with van der Waals surface area (Å²) in [7, 11) is 0. The van der Waals surface area contributed by atoms with Crippen molar-refractivity contribution in [1.82, 2.24) is 0 Å². The van der Waals surface area contributed by atoms with E-state index in [1.807, 2.05) is 0 Å². The molecule has 276 valence electrons. The molecule has 7 aromatic rings. The molecule has 0 fully saturated rings. The van der Waals surface area contributed by atoms with Gasteiger partial charge >= 0.3 is 0 Å². The van der Waals surface area contributed by atoms with Crippen molar-refractivity contribution in [3.63, 3.8) is 0 Å². The van der Waals surface area contributed by atoms with Gasteiger partial charge in [-0.2, -0.15) is 0 Å². The highest BCUT2D eigenvalue weighted by Crippen LogP contribution is 2.46. The molecule has 0 radical (unpaired) electrons. The quantitative estimate of drug-likeness (QED) is 0.165. The van der Waals surface area contributed by atoms with Gasteiger partial charge in [-0.3, -0.25) is 0 Å². The van der Waals surface area contributed by atoms with Gasteiger partial charge in [-0.05, 0) is 104 Å². The topological polar surface area (TPSA) is 21.7 Å². The molecule has 2 aliphatic heterocycles. The fourth-order valence-electron chi connectivity index (χ4n) is 8.27. The van der Waals surface area contributed by atoms with Crippen LogP contribution in [0.2, 0.25) is 0 Å². The van der Waals surface area contributed by atoms with Crippen LogP contribution in [0.15, 0.2) is 146 Å². The molecule has 9 rings (SSSR count). The highest BCUT2D eigenvalue weighted by Gasteiger charge is 2.41. The zero-order chi connectivity index (χ0) is 38.9. The highest BCUT2D eigenvalue weighted by molar-refractivity contribution is 6.98. The second kappa shape index (κ2) is 13.3. The van der Waals surface area contributed by atoms with Gasteiger partial charge in [0, 0.05) is 29.0 Å². The molecule has 3 nitrogen and oxygen atoms in total. The lowest BCUT2D eigenvalue weighted by molar-refractivity contribution is 0.465. The summed E-state index contributed by atoms with van der Waals surface area (Å²) in [6.45, 7) is 18.1. The Morgan fingerprint density at radius 2 is 0.857 bits per heavy atom. The van der Waals surface area contributed by atoms with Crippen LogP contribution in [0.3, 0.4) is 0 Å². The Morgan fingerprint density at radius 1 is 0.429 bits per heavy atom. The number of ether oxygens (including phenoxy) is 2. The van der Waals surface area contributed by atoms with Crippen LogP contribution < -0.4 is 30.8 Å². The first-order chi connectivity index (χ1) is 26.8. The van der Waals surface area contributed by atoms with E-state index in [1.165, 1.54) is 22.3 Å². The number of hydrogen-bond donors (Lipinski definition) is 0. The van der Waals surface area contributed by atoms with Gasteiger partial charge in [0.1, 0.15) is 23.0 Å². The Hall–Kier alpha value is -6.00. The van der Waals surface area contributed by atoms with Crippen LogP contribution in [0.1, 0.15) is 63.8 Å². The Labute approximate surface area is 332 Å². The molecule has 0 N–H and O–H groups in total. The fourth-order valence-corrected chi connectivity index (χ4v) is 8.27. The smallest absolute Gasteiger partial charge is 0.260 e. The highest BCUT2D eigenvalue weighted by atomic mass is 16.5. The largest absolute Gasteiger partial charge is 0.458 e. The van der Waals surface area contributed by atoms with Gasteiger partial charge in [-0.15, -0.1) is 0 Å². The van der Waals surface area contributed by atoms with Crippen molar-refractivity contribution in [1.29, 1.82) is 0 Å². The SMILES string of the molecule is Cc1ccc(C(C)(C)C)cc1N(c1cc2c3c(c1)Oc1cc(-c4ccccc4)ccc1B3c1ccc(-c3ccccc3)cc1O2)c1cc(C(C)(C)C)ccc1C. The predicted molar refractivity (Wildman–Crippen MR) is 237 cm³/mol. The molecular formula is C52H48BNO2. The first kappa shape index (κ1) is 35.7. The summed E-state index contributed by atoms with van der Waals surface area (Å²) >= 11 is 0. The van der Waals surface area contributed by atoms with Crippen molar-refractivity contribution in [3.05, 3.63) is 168 Å². The minimum absolute atomic E-state index is 0.0297. The molecule has 0 saturated carbocycles. The van der Waals surface area contributed by atoms with E-state index in [9.17, 15) is 0 Å². The van der Waals surface area contributed by atoms with Crippen molar-refractivity contribution in [2.75, 3.05) is 4.90 Å². The first-order valence-corrected chi connectivity index (χ1v) is 19.8. The Bertz CT molecular complexity index is 2450. The van der Waals surface area contributed by atoms with E-state index in [-0.39, 0.29) is 17.5 Å². The van der Waals surface area contributed by atoms with Crippen LogP contribution in [0.5, 0.6) is 23.0 Å². The van der Waals surface area contributed by atoms with Crippen molar-refractivity contribution in [3.8, 4) is 45.3 Å². The van der Waals surface area contributed by atoms with Gasteiger partial charge in [0.2, 0.25) is 0 Å². The number of hydrogen-bond acceptors (Lipinski definition) is 3. The summed E-state index contributed by atoms with van der Waals surface area (Å²) < 4.78 is 14.1. The second-order valence-corrected chi connectivity index (χ2v) is 17.6. The van der Waals surface area contributed by atoms with Gasteiger partial charge in [0.25, 0.3) is 6.71 Å². The summed E-state index contributed by atoms with van der Waals surface area (Å²) in [4.78, 5) is 2.43. The zero-order valence-electron chi connectivity index (χ0n) is 33.7. The number of rotatable bonds is 5. The van der Waals surface area contributed by atoms with Crippen LogP contribution in [-0.4, -0.2) is 6.71 Å². The third-order valence-electron chi connectivity index (χ3n) is 11.6. The molecule has 0 amide bonds. The second-order valence-electron chi connectivity index (χ2n) is 17.6. The van der Waals surface area contributed by atoms with Gasteiger partial charge in [0.15, 0.2) is 0 Å². The monoisotopic (exact) mass is 729 g/mol. The molecule has 0 aromatic heterocycles. The lowest BCUT2D eigenvalue weighted by Crippen LogP contribution is -2.57. The van der Waals surface area contributed by atoms with Crippen LogP contribution in [-0.2, 0) is 10.8 Å². The Kier molecular flexibility index (Phi) is 8.50. The summed E-state index contributed by atoms with van der Waals surface area (Å²) in [5.74, 6) is 3.38. The zero-order valence-corrected chi connectivity index (χ0v) is 33.7. The number of aryl methyl sites for hydroxylation is 2. The average molecular weight is 730 g/mol. The van der Waals surface area contributed by atoms with Crippen LogP contribution in [0.4, 0.5) is 17.1 Å². The predicted octanol–water partition coefficient (Wildman–Crippen LogP) is 12.4. The average Bonchev–Trinajstić information content (AvgIpc) is 3.18. The third-order valence-corrected chi connectivity index (χ3v) is 11.6. The van der Waals surface area contributed by atoms with Gasteiger partial charge in [-0.1, -0.05) is 151 Å². The lowest BCUT2D eigenvalue weighted by Gasteiger charge is -2.36. The molecule has 0 saturated heterocycles. The number of nitrogens with zero attached hydrogens (tertiary/aromatic N) is 1. The summed E-state index contributed by atoms with van der Waals surface area (Å²) in [5.41, 5.74) is 16.1. The van der Waals surface area contributed by atoms with E-state index >= 15 is 0 Å². The van der Waals surface area contributed by atoms with Crippen molar-refractivity contribution in [2.45, 2.75) is 66.2 Å². The standard InChI is InChI=1S/C52H48BNO2/c1-33-19-23-39(51(3,4)5)29-44(33)54(45-30-40(52(6,7)8)24-20-34(45)2)41-31-48-50-49(32-41)56-47-28-38(36-17-13-10-14-18-36)22-26-43(47)53(50)42-25-21-37(27-46(42)55-48)35-15-11-9-12-16-35/h9-32H,1-8H3. The first-order valence-electron chi connectivity index (χ1n) is 19.8. The van der Waals surface area contributed by atoms with E-state index in [2.05, 4.69) is 206 Å². The van der Waals surface area contributed by atoms with Gasteiger partial charge < -0.3 is 14.4 Å². The van der Waals surface area contributed by atoms with E-state index in [0.717, 1.165) is 78.7 Å². The minimum Gasteiger partial charge on any atom is -0.458 e. The maximum Gasteiger partial charge on any atom is 0.260 e. The molecule has 2 heterocycles. The fraction of sp³-hybridized carbons (Fsp3) is 0.192. The Morgan fingerprint density at radius 3 is 1.27 bits per heavy atom. The minimum atomic E-state index is -0.0541. The van der Waals surface area contributed by atoms with Crippen molar-refractivity contribution < 1.29 is 9.47 Å². The molecule has 0 unspecified atom stereocenters. The van der Waals surface area contributed by atoms with E-state index in [0.29, 0.717) is 0 Å². The van der Waals surface area contributed by atoms with E-state index < -0.39 is 0 Å². The molecule has 0 spiro atoms. The molecule has 0 aliphatic carbocycles. The summed E-state index contributed by atoms with van der Waals surface area (Å²) in [6, 6.07) is 52.7. The molecule has 0 atom stereocenters. The third kappa shape index (κ3) is 6.28. The lowest BCUT2D eigenvalue weighted by atomic mass is 9.34. The molecule has 4 heteroatoms. The number of anilines is 3. The number of fused-ring (bicyclic) bond motifs is 4. The van der Waals surface area contributed by atoms with E-state index in [1.54, 1.807) is 0 Å². The molecular weight excluding hydrogens is 681 g/mol. The van der Waals surface area contributed by atoms with Crippen LogP contribution in [0.25, 0.3) is 22.3 Å². The normalized spacial score (nSPS) is 12.9. The number of benzene rings is 7. The van der Waals surface area contributed by atoms with Crippen molar-refractivity contribution >= 4 is 40.2 Å². The van der Waals surface area contributed by atoms with E-state index in [4.69, 9.17) is 9.47 Å². The summed E-state index contributed by atoms with van der Waals surface area (Å²) in [6.07, 6.45) is 0. The molecule has 56 heavy (non-hydrogen) atoms. The van der Waals surface area contributed by atoms with Crippen molar-refractivity contribution in [2.24, 2.45) is 0 Å². The Balaban J connectivity index is 1.29. The molecule has 2 aliphatic rings. The summed E-state index contributed by atoms with van der Waals surface area (Å²) in [5, 5.41) is 0. The molecule has 0 bridgehead atoms. The van der Waals surface area contributed by atoms with Gasteiger partial charge in [-0.25, -0.2) is 0 Å². The van der Waals surface area contributed by atoms with Crippen LogP contribution in [0, 0.1) is 13.8 Å². The maximum atomic E-state index is 7.07. The van der Waals surface area contributed by atoms with Crippen LogP contribution >= 0.6 is 0 Å². The maximum absolute atomic E-state index is 7.07. The van der Waals surface area contributed by atoms with Gasteiger partial charge in [0.05, 0.1) is 5.69 Å².